The fraction of sp³-hybridized carbons (Fsp3) is 0.500. The summed E-state index contributed by atoms with van der Waals surface area (Å²) in [4.78, 5) is 31.4. The maximum atomic E-state index is 10.9. The summed E-state index contributed by atoms with van der Waals surface area (Å²) in [7, 11) is 0. The van der Waals surface area contributed by atoms with E-state index in [0.717, 1.165) is 12.4 Å². The van der Waals surface area contributed by atoms with Crippen LogP contribution in [0.5, 0.6) is 0 Å². The highest BCUT2D eigenvalue weighted by Gasteiger charge is 2.02. The molecule has 0 aliphatic carbocycles. The van der Waals surface area contributed by atoms with Gasteiger partial charge in [0.1, 0.15) is 19.5 Å². The SMILES string of the molecule is C=CC(=O)OCCOC(=O)CCCC=O. The summed E-state index contributed by atoms with van der Waals surface area (Å²) in [6.07, 6.45) is 2.81. The number of rotatable bonds is 8. The van der Waals surface area contributed by atoms with Crippen LogP contribution in [0.25, 0.3) is 0 Å². The second kappa shape index (κ2) is 8.93. The van der Waals surface area contributed by atoms with E-state index in [-0.39, 0.29) is 19.6 Å². The predicted molar refractivity (Wildman–Crippen MR) is 52.0 cm³/mol. The summed E-state index contributed by atoms with van der Waals surface area (Å²) < 4.78 is 9.29. The van der Waals surface area contributed by atoms with Crippen LogP contribution < -0.4 is 0 Å². The van der Waals surface area contributed by atoms with Gasteiger partial charge in [-0.15, -0.1) is 0 Å². The standard InChI is InChI=1S/C10H14O5/c1-2-9(12)14-7-8-15-10(13)5-3-4-6-11/h2,6H,1,3-5,7-8H2. The highest BCUT2D eigenvalue weighted by Crippen LogP contribution is 1.95. The van der Waals surface area contributed by atoms with Gasteiger partial charge in [0.05, 0.1) is 0 Å². The first kappa shape index (κ1) is 13.4. The minimum Gasteiger partial charge on any atom is -0.462 e. The zero-order valence-electron chi connectivity index (χ0n) is 8.44. The van der Waals surface area contributed by atoms with Crippen LogP contribution in [0.1, 0.15) is 19.3 Å². The molecule has 0 aromatic carbocycles. The largest absolute Gasteiger partial charge is 0.462 e. The molecule has 0 bridgehead atoms. The molecule has 0 aromatic rings. The van der Waals surface area contributed by atoms with Gasteiger partial charge in [-0.3, -0.25) is 4.79 Å². The van der Waals surface area contributed by atoms with Crippen LogP contribution in [-0.4, -0.2) is 31.4 Å². The molecule has 0 N–H and O–H groups in total. The molecule has 5 heteroatoms. The van der Waals surface area contributed by atoms with Crippen LogP contribution in [0.4, 0.5) is 0 Å². The van der Waals surface area contributed by atoms with Gasteiger partial charge in [0.2, 0.25) is 0 Å². The second-order valence-corrected chi connectivity index (χ2v) is 2.65. The smallest absolute Gasteiger partial charge is 0.330 e. The molecular formula is C10H14O5. The molecule has 0 spiro atoms. The number of ether oxygens (including phenoxy) is 2. The van der Waals surface area contributed by atoms with E-state index in [0.29, 0.717) is 12.8 Å². The lowest BCUT2D eigenvalue weighted by molar-refractivity contribution is -0.149. The molecule has 0 saturated carbocycles. The van der Waals surface area contributed by atoms with Crippen LogP contribution in [0, 0.1) is 0 Å². The van der Waals surface area contributed by atoms with Crippen molar-refractivity contribution >= 4 is 18.2 Å². The number of carbonyl (C=O) groups is 3. The number of aldehydes is 1. The van der Waals surface area contributed by atoms with Gasteiger partial charge < -0.3 is 14.3 Å². The van der Waals surface area contributed by atoms with E-state index in [1.165, 1.54) is 0 Å². The lowest BCUT2D eigenvalue weighted by Gasteiger charge is -2.03. The fourth-order valence-corrected chi connectivity index (χ4v) is 0.759. The lowest BCUT2D eigenvalue weighted by atomic mass is 10.2. The summed E-state index contributed by atoms with van der Waals surface area (Å²) in [5, 5.41) is 0. The maximum absolute atomic E-state index is 10.9. The molecule has 0 atom stereocenters. The molecule has 0 radical (unpaired) electrons. The molecule has 0 fully saturated rings. The molecule has 0 unspecified atom stereocenters. The number of carbonyl (C=O) groups excluding carboxylic acids is 3. The van der Waals surface area contributed by atoms with Crippen molar-refractivity contribution in [3.63, 3.8) is 0 Å². The molecule has 0 rings (SSSR count). The van der Waals surface area contributed by atoms with E-state index >= 15 is 0 Å². The van der Waals surface area contributed by atoms with E-state index < -0.39 is 11.9 Å². The summed E-state index contributed by atoms with van der Waals surface area (Å²) in [6.45, 7) is 3.25. The summed E-state index contributed by atoms with van der Waals surface area (Å²) in [6, 6.07) is 0. The zero-order valence-corrected chi connectivity index (χ0v) is 8.44. The topological polar surface area (TPSA) is 69.7 Å². The minimum atomic E-state index is -0.549. The quantitative estimate of drug-likeness (QED) is 0.256. The van der Waals surface area contributed by atoms with Crippen molar-refractivity contribution in [2.24, 2.45) is 0 Å². The molecule has 15 heavy (non-hydrogen) atoms. The van der Waals surface area contributed by atoms with Crippen molar-refractivity contribution in [3.8, 4) is 0 Å². The van der Waals surface area contributed by atoms with Crippen LogP contribution in [0.15, 0.2) is 12.7 Å². The summed E-state index contributed by atoms with van der Waals surface area (Å²) >= 11 is 0. The van der Waals surface area contributed by atoms with E-state index in [9.17, 15) is 14.4 Å². The Bertz CT molecular complexity index is 234. The van der Waals surface area contributed by atoms with E-state index in [4.69, 9.17) is 4.74 Å². The normalized spacial score (nSPS) is 9.07. The molecular weight excluding hydrogens is 200 g/mol. The Morgan fingerprint density at radius 1 is 1.20 bits per heavy atom. The minimum absolute atomic E-state index is 0.0181. The highest BCUT2D eigenvalue weighted by atomic mass is 16.6. The van der Waals surface area contributed by atoms with Gasteiger partial charge in [-0.2, -0.15) is 0 Å². The monoisotopic (exact) mass is 214 g/mol. The Labute approximate surface area is 88.0 Å². The number of hydrogen-bond donors (Lipinski definition) is 0. The molecule has 5 nitrogen and oxygen atoms in total. The molecule has 0 aliphatic heterocycles. The molecule has 0 aromatic heterocycles. The van der Waals surface area contributed by atoms with Crippen molar-refractivity contribution in [3.05, 3.63) is 12.7 Å². The first-order valence-corrected chi connectivity index (χ1v) is 4.59. The first-order chi connectivity index (χ1) is 7.20. The van der Waals surface area contributed by atoms with Gasteiger partial charge in [0.25, 0.3) is 0 Å². The molecule has 0 heterocycles. The zero-order chi connectivity index (χ0) is 11.5. The molecule has 0 amide bonds. The van der Waals surface area contributed by atoms with Gasteiger partial charge in [-0.1, -0.05) is 6.58 Å². The number of esters is 2. The van der Waals surface area contributed by atoms with Crippen molar-refractivity contribution in [2.45, 2.75) is 19.3 Å². The first-order valence-electron chi connectivity index (χ1n) is 4.59. The molecule has 0 saturated heterocycles. The third-order valence-electron chi connectivity index (χ3n) is 1.46. The third-order valence-corrected chi connectivity index (χ3v) is 1.46. The van der Waals surface area contributed by atoms with Crippen molar-refractivity contribution in [2.75, 3.05) is 13.2 Å². The van der Waals surface area contributed by atoms with Gasteiger partial charge in [-0.25, -0.2) is 4.79 Å². The lowest BCUT2D eigenvalue weighted by Crippen LogP contribution is -2.12. The fourth-order valence-electron chi connectivity index (χ4n) is 0.759. The summed E-state index contributed by atoms with van der Waals surface area (Å²) in [5.74, 6) is -0.946. The number of hydrogen-bond acceptors (Lipinski definition) is 5. The van der Waals surface area contributed by atoms with Crippen LogP contribution >= 0.6 is 0 Å². The Morgan fingerprint density at radius 3 is 2.47 bits per heavy atom. The second-order valence-electron chi connectivity index (χ2n) is 2.65. The van der Waals surface area contributed by atoms with Crippen LogP contribution in [0.3, 0.4) is 0 Å². The van der Waals surface area contributed by atoms with Gasteiger partial charge in [0, 0.05) is 18.9 Å². The average molecular weight is 214 g/mol. The van der Waals surface area contributed by atoms with Crippen LogP contribution in [-0.2, 0) is 23.9 Å². The van der Waals surface area contributed by atoms with Crippen molar-refractivity contribution in [1.82, 2.24) is 0 Å². The van der Waals surface area contributed by atoms with Gasteiger partial charge >= 0.3 is 11.9 Å². The predicted octanol–water partition coefficient (Wildman–Crippen LogP) is 0.628. The highest BCUT2D eigenvalue weighted by molar-refractivity contribution is 5.81. The van der Waals surface area contributed by atoms with E-state index in [1.807, 2.05) is 0 Å². The maximum Gasteiger partial charge on any atom is 0.330 e. The Kier molecular flexibility index (Phi) is 7.94. The van der Waals surface area contributed by atoms with Crippen molar-refractivity contribution in [1.29, 1.82) is 0 Å². The Morgan fingerprint density at radius 2 is 1.87 bits per heavy atom. The molecule has 84 valence electrons. The average Bonchev–Trinajstić information content (AvgIpc) is 2.24. The van der Waals surface area contributed by atoms with E-state index in [1.54, 1.807) is 0 Å². The summed E-state index contributed by atoms with van der Waals surface area (Å²) in [5.41, 5.74) is 0. The van der Waals surface area contributed by atoms with Gasteiger partial charge in [-0.05, 0) is 6.42 Å². The Hall–Kier alpha value is -1.65. The third kappa shape index (κ3) is 8.67. The van der Waals surface area contributed by atoms with Crippen LogP contribution in [0.2, 0.25) is 0 Å². The van der Waals surface area contributed by atoms with E-state index in [2.05, 4.69) is 11.3 Å². The Balaban J connectivity index is 3.34. The van der Waals surface area contributed by atoms with Crippen molar-refractivity contribution < 1.29 is 23.9 Å². The van der Waals surface area contributed by atoms with Gasteiger partial charge in [0.15, 0.2) is 0 Å². The molecule has 0 aliphatic rings. The number of unbranched alkanes of at least 4 members (excludes halogenated alkanes) is 1.